The number of hydrogen-bond donors (Lipinski definition) is 2. The molecule has 3 rings (SSSR count). The standard InChI is InChI=1S/C21H17Cl2NO2S/c1-13(25)18-10-16(23)11-19(21(18)26)24-12-14-4-2-3-5-20(14)27-17-8-6-15(22)7-9-17/h2-11,24,26H,12H2,1H3. The van der Waals surface area contributed by atoms with Crippen LogP contribution in [0.5, 0.6) is 5.75 Å². The molecule has 0 aliphatic heterocycles. The third kappa shape index (κ3) is 4.98. The Hall–Kier alpha value is -2.14. The molecule has 0 saturated carbocycles. The van der Waals surface area contributed by atoms with Gasteiger partial charge < -0.3 is 10.4 Å². The molecule has 3 aromatic carbocycles. The maximum Gasteiger partial charge on any atom is 0.163 e. The van der Waals surface area contributed by atoms with Crippen molar-refractivity contribution in [2.75, 3.05) is 5.32 Å². The Kier molecular flexibility index (Phi) is 6.32. The van der Waals surface area contributed by atoms with Gasteiger partial charge in [0.1, 0.15) is 5.75 Å². The Morgan fingerprint density at radius 3 is 2.44 bits per heavy atom. The van der Waals surface area contributed by atoms with Crippen LogP contribution < -0.4 is 5.32 Å². The molecule has 138 valence electrons. The van der Waals surface area contributed by atoms with Crippen LogP contribution in [0, 0.1) is 0 Å². The lowest BCUT2D eigenvalue weighted by molar-refractivity contribution is 0.101. The van der Waals surface area contributed by atoms with Gasteiger partial charge in [-0.05, 0) is 55.0 Å². The first-order valence-electron chi connectivity index (χ1n) is 8.22. The molecule has 0 radical (unpaired) electrons. The van der Waals surface area contributed by atoms with Gasteiger partial charge in [-0.15, -0.1) is 0 Å². The van der Waals surface area contributed by atoms with Gasteiger partial charge in [-0.25, -0.2) is 0 Å². The Morgan fingerprint density at radius 1 is 1.04 bits per heavy atom. The van der Waals surface area contributed by atoms with Gasteiger partial charge in [0.15, 0.2) is 5.78 Å². The summed E-state index contributed by atoms with van der Waals surface area (Å²) in [6.45, 7) is 1.87. The van der Waals surface area contributed by atoms with Crippen molar-refractivity contribution in [2.45, 2.75) is 23.3 Å². The molecule has 0 spiro atoms. The van der Waals surface area contributed by atoms with E-state index >= 15 is 0 Å². The second kappa shape index (κ2) is 8.70. The van der Waals surface area contributed by atoms with Crippen molar-refractivity contribution in [1.29, 1.82) is 0 Å². The molecule has 3 nitrogen and oxygen atoms in total. The normalized spacial score (nSPS) is 10.6. The number of anilines is 1. The first-order valence-corrected chi connectivity index (χ1v) is 9.80. The Bertz CT molecular complexity index is 974. The first kappa shape index (κ1) is 19.6. The van der Waals surface area contributed by atoms with Gasteiger partial charge in [-0.3, -0.25) is 4.79 Å². The van der Waals surface area contributed by atoms with Crippen LogP contribution in [0.1, 0.15) is 22.8 Å². The summed E-state index contributed by atoms with van der Waals surface area (Å²) in [4.78, 5) is 13.8. The highest BCUT2D eigenvalue weighted by Gasteiger charge is 2.13. The maximum absolute atomic E-state index is 11.7. The molecule has 0 aliphatic rings. The highest BCUT2D eigenvalue weighted by atomic mass is 35.5. The molecule has 0 heterocycles. The zero-order valence-electron chi connectivity index (χ0n) is 14.5. The lowest BCUT2D eigenvalue weighted by Crippen LogP contribution is -2.03. The van der Waals surface area contributed by atoms with E-state index in [1.165, 1.54) is 13.0 Å². The third-order valence-corrected chi connectivity index (χ3v) is 5.53. The predicted octanol–water partition coefficient (Wildman–Crippen LogP) is 6.66. The van der Waals surface area contributed by atoms with E-state index in [0.717, 1.165) is 15.4 Å². The van der Waals surface area contributed by atoms with Crippen molar-refractivity contribution < 1.29 is 9.90 Å². The van der Waals surface area contributed by atoms with Crippen LogP contribution in [-0.4, -0.2) is 10.9 Å². The number of rotatable bonds is 6. The molecule has 0 amide bonds. The smallest absolute Gasteiger partial charge is 0.163 e. The summed E-state index contributed by atoms with van der Waals surface area (Å²) in [5.41, 5.74) is 1.69. The molecule has 0 saturated heterocycles. The van der Waals surface area contributed by atoms with Crippen LogP contribution >= 0.6 is 35.0 Å². The fourth-order valence-corrected chi connectivity index (χ4v) is 3.86. The molecule has 3 aromatic rings. The van der Waals surface area contributed by atoms with Crippen LogP contribution in [0.3, 0.4) is 0 Å². The molecule has 2 N–H and O–H groups in total. The van der Waals surface area contributed by atoms with E-state index in [-0.39, 0.29) is 17.1 Å². The van der Waals surface area contributed by atoms with E-state index < -0.39 is 0 Å². The summed E-state index contributed by atoms with van der Waals surface area (Å²) >= 11 is 13.7. The molecular formula is C21H17Cl2NO2S. The number of nitrogens with one attached hydrogen (secondary N) is 1. The highest BCUT2D eigenvalue weighted by Crippen LogP contribution is 2.34. The van der Waals surface area contributed by atoms with E-state index in [0.29, 0.717) is 22.3 Å². The minimum absolute atomic E-state index is 0.0882. The van der Waals surface area contributed by atoms with Gasteiger partial charge >= 0.3 is 0 Å². The fraction of sp³-hybridized carbons (Fsp3) is 0.0952. The summed E-state index contributed by atoms with van der Waals surface area (Å²) in [5, 5.41) is 14.6. The largest absolute Gasteiger partial charge is 0.505 e. The van der Waals surface area contributed by atoms with Crippen LogP contribution in [0.15, 0.2) is 70.5 Å². The Morgan fingerprint density at radius 2 is 1.74 bits per heavy atom. The number of halogens is 2. The van der Waals surface area contributed by atoms with Gasteiger partial charge in [0.05, 0.1) is 11.3 Å². The maximum atomic E-state index is 11.7. The van der Waals surface area contributed by atoms with Gasteiger partial charge in [0.25, 0.3) is 0 Å². The summed E-state index contributed by atoms with van der Waals surface area (Å²) < 4.78 is 0. The number of carbonyl (C=O) groups is 1. The van der Waals surface area contributed by atoms with Crippen LogP contribution in [-0.2, 0) is 6.54 Å². The highest BCUT2D eigenvalue weighted by molar-refractivity contribution is 7.99. The molecule has 0 bridgehead atoms. The lowest BCUT2D eigenvalue weighted by atomic mass is 10.1. The summed E-state index contributed by atoms with van der Waals surface area (Å²) in [6, 6.07) is 18.7. The van der Waals surface area contributed by atoms with E-state index in [1.54, 1.807) is 17.8 Å². The monoisotopic (exact) mass is 417 g/mol. The summed E-state index contributed by atoms with van der Waals surface area (Å²) in [6.07, 6.45) is 0. The number of hydrogen-bond acceptors (Lipinski definition) is 4. The number of Topliss-reactive ketones (excluding diaryl/α,β-unsaturated/α-hetero) is 1. The van der Waals surface area contributed by atoms with Crippen molar-refractivity contribution in [2.24, 2.45) is 0 Å². The van der Waals surface area contributed by atoms with Crippen molar-refractivity contribution in [1.82, 2.24) is 0 Å². The lowest BCUT2D eigenvalue weighted by Gasteiger charge is -2.14. The van der Waals surface area contributed by atoms with Gasteiger partial charge in [0, 0.05) is 26.4 Å². The fourth-order valence-electron chi connectivity index (χ4n) is 2.57. The second-order valence-corrected chi connectivity index (χ2v) is 7.91. The topological polar surface area (TPSA) is 49.3 Å². The van der Waals surface area contributed by atoms with E-state index in [1.807, 2.05) is 48.5 Å². The molecule has 0 atom stereocenters. The molecule has 0 aromatic heterocycles. The van der Waals surface area contributed by atoms with Crippen molar-refractivity contribution in [3.8, 4) is 5.75 Å². The van der Waals surface area contributed by atoms with Crippen LogP contribution in [0.2, 0.25) is 10.0 Å². The number of phenols is 1. The van der Waals surface area contributed by atoms with E-state index in [9.17, 15) is 9.90 Å². The minimum atomic E-state index is -0.239. The zero-order chi connectivity index (χ0) is 19.4. The Balaban J connectivity index is 1.81. The van der Waals surface area contributed by atoms with Gasteiger partial charge in [-0.1, -0.05) is 53.2 Å². The molecule has 6 heteroatoms. The molecule has 27 heavy (non-hydrogen) atoms. The number of phenolic OH excluding ortho intramolecular Hbond substituents is 1. The number of ketones is 1. The average Bonchev–Trinajstić information content (AvgIpc) is 2.65. The number of benzene rings is 3. The molecule has 0 aliphatic carbocycles. The SMILES string of the molecule is CC(=O)c1cc(Cl)cc(NCc2ccccc2Sc2ccc(Cl)cc2)c1O. The molecule has 0 fully saturated rings. The van der Waals surface area contributed by atoms with E-state index in [2.05, 4.69) is 5.32 Å². The Labute approximate surface area is 172 Å². The van der Waals surface area contributed by atoms with Gasteiger partial charge in [0.2, 0.25) is 0 Å². The first-order chi connectivity index (χ1) is 12.9. The molecular weight excluding hydrogens is 401 g/mol. The number of aromatic hydroxyl groups is 1. The predicted molar refractivity (Wildman–Crippen MR) is 112 cm³/mol. The van der Waals surface area contributed by atoms with Crippen molar-refractivity contribution in [3.05, 3.63) is 81.8 Å². The van der Waals surface area contributed by atoms with Crippen molar-refractivity contribution >= 4 is 46.4 Å². The zero-order valence-corrected chi connectivity index (χ0v) is 16.8. The summed E-state index contributed by atoms with van der Waals surface area (Å²) in [5.74, 6) is -0.327. The number of carbonyl (C=O) groups excluding carboxylic acids is 1. The van der Waals surface area contributed by atoms with Gasteiger partial charge in [-0.2, -0.15) is 0 Å². The van der Waals surface area contributed by atoms with E-state index in [4.69, 9.17) is 23.2 Å². The minimum Gasteiger partial charge on any atom is -0.505 e. The second-order valence-electron chi connectivity index (χ2n) is 5.92. The average molecular weight is 418 g/mol. The van der Waals surface area contributed by atoms with Crippen LogP contribution in [0.4, 0.5) is 5.69 Å². The third-order valence-electron chi connectivity index (χ3n) is 3.94. The summed E-state index contributed by atoms with van der Waals surface area (Å²) in [7, 11) is 0. The van der Waals surface area contributed by atoms with Crippen molar-refractivity contribution in [3.63, 3.8) is 0 Å². The van der Waals surface area contributed by atoms with Crippen LogP contribution in [0.25, 0.3) is 0 Å². The quantitative estimate of drug-likeness (QED) is 0.347. The molecule has 0 unspecified atom stereocenters.